The van der Waals surface area contributed by atoms with Gasteiger partial charge in [-0.15, -0.1) is 0 Å². The highest BCUT2D eigenvalue weighted by Crippen LogP contribution is 2.19. The van der Waals surface area contributed by atoms with Crippen molar-refractivity contribution < 1.29 is 4.79 Å². The molecule has 0 bridgehead atoms. The van der Waals surface area contributed by atoms with Crippen molar-refractivity contribution in [1.82, 2.24) is 9.80 Å². The summed E-state index contributed by atoms with van der Waals surface area (Å²) in [7, 11) is 3.87. The first-order valence-electron chi connectivity index (χ1n) is 9.01. The molecule has 1 atom stereocenters. The smallest absolute Gasteiger partial charge is 0.236 e. The van der Waals surface area contributed by atoms with Gasteiger partial charge in [0.25, 0.3) is 0 Å². The van der Waals surface area contributed by atoms with Crippen molar-refractivity contribution in [3.8, 4) is 0 Å². The van der Waals surface area contributed by atoms with Crippen molar-refractivity contribution in [1.29, 1.82) is 0 Å². The molecule has 0 aliphatic heterocycles. The number of fused-ring (bicyclic) bond motifs is 1. The van der Waals surface area contributed by atoms with Crippen LogP contribution < -0.4 is 0 Å². The summed E-state index contributed by atoms with van der Waals surface area (Å²) in [4.78, 5) is 16.6. The maximum Gasteiger partial charge on any atom is 0.236 e. The fraction of sp³-hybridized carbons (Fsp3) is 0.261. The molecule has 0 aromatic heterocycles. The van der Waals surface area contributed by atoms with E-state index < -0.39 is 0 Å². The molecular weight excluding hydrogens is 320 g/mol. The fourth-order valence-electron chi connectivity index (χ4n) is 3.22. The van der Waals surface area contributed by atoms with E-state index in [9.17, 15) is 4.79 Å². The fourth-order valence-corrected chi connectivity index (χ4v) is 3.22. The molecule has 0 spiro atoms. The molecule has 0 aliphatic rings. The summed E-state index contributed by atoms with van der Waals surface area (Å²) >= 11 is 0. The van der Waals surface area contributed by atoms with Gasteiger partial charge in [-0.1, -0.05) is 66.7 Å². The predicted octanol–water partition coefficient (Wildman–Crippen LogP) is 4.49. The van der Waals surface area contributed by atoms with Crippen LogP contribution in [0.3, 0.4) is 0 Å². The van der Waals surface area contributed by atoms with Crippen molar-refractivity contribution in [2.45, 2.75) is 19.5 Å². The van der Waals surface area contributed by atoms with Gasteiger partial charge in [-0.05, 0) is 41.9 Å². The van der Waals surface area contributed by atoms with E-state index in [4.69, 9.17) is 0 Å². The van der Waals surface area contributed by atoms with E-state index in [2.05, 4.69) is 66.4 Å². The lowest BCUT2D eigenvalue weighted by atomic mass is 10.1. The van der Waals surface area contributed by atoms with Crippen LogP contribution in [0.1, 0.15) is 24.1 Å². The molecule has 0 fully saturated rings. The average Bonchev–Trinajstić information content (AvgIpc) is 2.67. The molecule has 3 aromatic carbocycles. The van der Waals surface area contributed by atoms with Crippen LogP contribution in [0.15, 0.2) is 72.8 Å². The minimum Gasteiger partial charge on any atom is -0.338 e. The Labute approximate surface area is 155 Å². The molecule has 0 radical (unpaired) electrons. The summed E-state index contributed by atoms with van der Waals surface area (Å²) in [6, 6.07) is 25.0. The van der Waals surface area contributed by atoms with Gasteiger partial charge in [-0.25, -0.2) is 0 Å². The molecule has 0 saturated carbocycles. The van der Waals surface area contributed by atoms with E-state index in [-0.39, 0.29) is 11.9 Å². The first-order valence-corrected chi connectivity index (χ1v) is 9.01. The molecule has 0 unspecified atom stereocenters. The number of hydrogen-bond donors (Lipinski definition) is 0. The van der Waals surface area contributed by atoms with Gasteiger partial charge >= 0.3 is 0 Å². The van der Waals surface area contributed by atoms with Crippen molar-refractivity contribution in [3.05, 3.63) is 83.9 Å². The van der Waals surface area contributed by atoms with E-state index in [0.29, 0.717) is 6.54 Å². The van der Waals surface area contributed by atoms with E-state index in [1.54, 1.807) is 0 Å². The molecule has 0 aliphatic carbocycles. The quantitative estimate of drug-likeness (QED) is 0.656. The lowest BCUT2D eigenvalue weighted by molar-refractivity contribution is -0.132. The maximum atomic E-state index is 12.7. The Balaban J connectivity index is 1.61. The van der Waals surface area contributed by atoms with Crippen LogP contribution in [0.5, 0.6) is 0 Å². The summed E-state index contributed by atoms with van der Waals surface area (Å²) in [5.74, 6) is 0.129. The summed E-state index contributed by atoms with van der Waals surface area (Å²) in [6.45, 7) is 3.22. The van der Waals surface area contributed by atoms with Crippen LogP contribution in [0.2, 0.25) is 0 Å². The molecule has 134 valence electrons. The lowest BCUT2D eigenvalue weighted by Crippen LogP contribution is -2.37. The van der Waals surface area contributed by atoms with Crippen molar-refractivity contribution in [2.75, 3.05) is 20.6 Å². The van der Waals surface area contributed by atoms with Crippen LogP contribution >= 0.6 is 0 Å². The number of rotatable bonds is 6. The average molecular weight is 346 g/mol. The summed E-state index contributed by atoms with van der Waals surface area (Å²) in [6.07, 6.45) is 0. The molecule has 0 N–H and O–H groups in total. The van der Waals surface area contributed by atoms with Crippen LogP contribution in [-0.4, -0.2) is 36.3 Å². The van der Waals surface area contributed by atoms with Gasteiger partial charge in [-0.2, -0.15) is 0 Å². The third-order valence-corrected chi connectivity index (χ3v) is 4.93. The zero-order valence-corrected chi connectivity index (χ0v) is 15.7. The highest BCUT2D eigenvalue weighted by Gasteiger charge is 2.18. The third kappa shape index (κ3) is 4.30. The number of nitrogens with zero attached hydrogens (tertiary/aromatic N) is 2. The Morgan fingerprint density at radius 1 is 0.885 bits per heavy atom. The molecule has 3 aromatic rings. The Morgan fingerprint density at radius 3 is 2.27 bits per heavy atom. The van der Waals surface area contributed by atoms with E-state index in [1.165, 1.54) is 16.3 Å². The first kappa shape index (κ1) is 18.2. The summed E-state index contributed by atoms with van der Waals surface area (Å²) < 4.78 is 0. The van der Waals surface area contributed by atoms with Gasteiger partial charge in [0, 0.05) is 13.6 Å². The summed E-state index contributed by atoms with van der Waals surface area (Å²) in [5.41, 5.74) is 2.37. The van der Waals surface area contributed by atoms with Gasteiger partial charge in [0.1, 0.15) is 0 Å². The molecular formula is C23H26N2O. The number of benzene rings is 3. The Morgan fingerprint density at radius 2 is 1.54 bits per heavy atom. The maximum absolute atomic E-state index is 12.7. The van der Waals surface area contributed by atoms with Gasteiger partial charge < -0.3 is 4.90 Å². The Bertz CT molecular complexity index is 876. The first-order chi connectivity index (χ1) is 12.5. The molecule has 26 heavy (non-hydrogen) atoms. The number of carbonyl (C=O) groups excluding carboxylic acids is 1. The van der Waals surface area contributed by atoms with Crippen molar-refractivity contribution in [2.24, 2.45) is 0 Å². The second-order valence-electron chi connectivity index (χ2n) is 6.95. The molecule has 1 amide bonds. The zero-order valence-electron chi connectivity index (χ0n) is 15.7. The second kappa shape index (κ2) is 8.15. The standard InChI is InChI=1S/C23H26N2O/c1-18(20-9-5-4-6-10-20)25(3)23(26)17-24(2)16-19-13-14-21-11-7-8-12-22(21)15-19/h4-15,18H,16-17H2,1-3H3/t18-/m1/s1. The van der Waals surface area contributed by atoms with E-state index in [1.807, 2.05) is 37.2 Å². The molecule has 3 rings (SSSR count). The number of hydrogen-bond acceptors (Lipinski definition) is 2. The van der Waals surface area contributed by atoms with Crippen molar-refractivity contribution in [3.63, 3.8) is 0 Å². The number of carbonyl (C=O) groups is 1. The predicted molar refractivity (Wildman–Crippen MR) is 108 cm³/mol. The van der Waals surface area contributed by atoms with Gasteiger partial charge in [0.15, 0.2) is 0 Å². The normalized spacial score (nSPS) is 12.3. The molecule has 0 heterocycles. The van der Waals surface area contributed by atoms with Gasteiger partial charge in [0.05, 0.1) is 12.6 Å². The SMILES string of the molecule is C[C@H](c1ccccc1)N(C)C(=O)CN(C)Cc1ccc2ccccc2c1. The number of likely N-dealkylation sites (N-methyl/N-ethyl adjacent to an activating group) is 2. The lowest BCUT2D eigenvalue weighted by Gasteiger charge is -2.27. The minimum atomic E-state index is 0.0674. The second-order valence-corrected chi connectivity index (χ2v) is 6.95. The highest BCUT2D eigenvalue weighted by atomic mass is 16.2. The largest absolute Gasteiger partial charge is 0.338 e. The van der Waals surface area contributed by atoms with Crippen molar-refractivity contribution >= 4 is 16.7 Å². The summed E-state index contributed by atoms with van der Waals surface area (Å²) in [5, 5.41) is 2.48. The molecule has 0 saturated heterocycles. The molecule has 3 nitrogen and oxygen atoms in total. The van der Waals surface area contributed by atoms with Crippen LogP contribution in [0, 0.1) is 0 Å². The van der Waals surface area contributed by atoms with Gasteiger partial charge in [-0.3, -0.25) is 9.69 Å². The van der Waals surface area contributed by atoms with Crippen LogP contribution in [-0.2, 0) is 11.3 Å². The van der Waals surface area contributed by atoms with Crippen LogP contribution in [0.25, 0.3) is 10.8 Å². The van der Waals surface area contributed by atoms with Gasteiger partial charge in [0.2, 0.25) is 5.91 Å². The van der Waals surface area contributed by atoms with E-state index >= 15 is 0 Å². The molecule has 3 heteroatoms. The zero-order chi connectivity index (χ0) is 18.5. The Hall–Kier alpha value is -2.65. The minimum absolute atomic E-state index is 0.0674. The topological polar surface area (TPSA) is 23.6 Å². The Kier molecular flexibility index (Phi) is 5.69. The highest BCUT2D eigenvalue weighted by molar-refractivity contribution is 5.83. The van der Waals surface area contributed by atoms with Crippen LogP contribution in [0.4, 0.5) is 0 Å². The number of amides is 1. The third-order valence-electron chi connectivity index (χ3n) is 4.93. The monoisotopic (exact) mass is 346 g/mol. The van der Waals surface area contributed by atoms with E-state index in [0.717, 1.165) is 12.1 Å².